The molecular formula is C18H20N4O4S. The second-order valence-electron chi connectivity index (χ2n) is 6.76. The van der Waals surface area contributed by atoms with Crippen LogP contribution >= 0.6 is 0 Å². The van der Waals surface area contributed by atoms with Crippen molar-refractivity contribution in [3.8, 4) is 11.4 Å². The zero-order valence-electron chi connectivity index (χ0n) is 14.9. The second kappa shape index (κ2) is 7.24. The van der Waals surface area contributed by atoms with Gasteiger partial charge in [-0.05, 0) is 31.2 Å². The lowest BCUT2D eigenvalue weighted by Crippen LogP contribution is -2.40. The van der Waals surface area contributed by atoms with Crippen LogP contribution in [0.25, 0.3) is 11.4 Å². The third-order valence-electron chi connectivity index (χ3n) is 4.85. The minimum absolute atomic E-state index is 0.0859. The highest BCUT2D eigenvalue weighted by atomic mass is 32.2. The molecule has 9 heteroatoms. The van der Waals surface area contributed by atoms with Crippen molar-refractivity contribution in [2.24, 2.45) is 5.92 Å². The fraction of sp³-hybridized carbons (Fsp3) is 0.389. The molecule has 0 amide bonds. The Morgan fingerprint density at radius 2 is 2.15 bits per heavy atom. The molecule has 1 aliphatic heterocycles. The Balaban J connectivity index is 1.47. The van der Waals surface area contributed by atoms with Gasteiger partial charge in [0, 0.05) is 25.1 Å². The number of rotatable bonds is 5. The second-order valence-corrected chi connectivity index (χ2v) is 8.70. The molecule has 1 unspecified atom stereocenters. The van der Waals surface area contributed by atoms with Gasteiger partial charge in [0.2, 0.25) is 21.7 Å². The van der Waals surface area contributed by atoms with Crippen LogP contribution in [0.5, 0.6) is 0 Å². The van der Waals surface area contributed by atoms with Crippen molar-refractivity contribution in [1.82, 2.24) is 19.6 Å². The Hall–Kier alpha value is -2.52. The maximum Gasteiger partial charge on any atom is 0.247 e. The molecule has 0 spiro atoms. The van der Waals surface area contributed by atoms with Crippen LogP contribution in [0.15, 0.2) is 50.7 Å². The monoisotopic (exact) mass is 388 g/mol. The molecule has 1 aliphatic rings. The van der Waals surface area contributed by atoms with Crippen LogP contribution in [-0.4, -0.2) is 41.1 Å². The van der Waals surface area contributed by atoms with Crippen molar-refractivity contribution in [2.45, 2.75) is 31.1 Å². The van der Waals surface area contributed by atoms with E-state index in [1.807, 2.05) is 31.2 Å². The summed E-state index contributed by atoms with van der Waals surface area (Å²) in [5.74, 6) is 1.22. The van der Waals surface area contributed by atoms with Crippen molar-refractivity contribution < 1.29 is 17.5 Å². The van der Waals surface area contributed by atoms with Crippen molar-refractivity contribution >= 4 is 10.0 Å². The van der Waals surface area contributed by atoms with Gasteiger partial charge in [0.05, 0.1) is 6.20 Å². The van der Waals surface area contributed by atoms with Gasteiger partial charge in [-0.2, -0.15) is 9.29 Å². The number of benzene rings is 1. The van der Waals surface area contributed by atoms with Gasteiger partial charge in [-0.25, -0.2) is 8.42 Å². The highest BCUT2D eigenvalue weighted by molar-refractivity contribution is 7.89. The molecule has 2 aromatic heterocycles. The van der Waals surface area contributed by atoms with Gasteiger partial charge in [-0.3, -0.25) is 0 Å². The lowest BCUT2D eigenvalue weighted by Gasteiger charge is -2.30. The molecule has 1 fully saturated rings. The van der Waals surface area contributed by atoms with Crippen molar-refractivity contribution in [3.05, 3.63) is 48.2 Å². The Labute approximate surface area is 157 Å². The first kappa shape index (κ1) is 17.9. The van der Waals surface area contributed by atoms with E-state index < -0.39 is 10.0 Å². The minimum Gasteiger partial charge on any atom is -0.363 e. The number of hydrogen-bond donors (Lipinski definition) is 0. The molecule has 0 aliphatic carbocycles. The summed E-state index contributed by atoms with van der Waals surface area (Å²) < 4.78 is 36.9. The van der Waals surface area contributed by atoms with Crippen LogP contribution in [0.4, 0.5) is 0 Å². The highest BCUT2D eigenvalue weighted by Crippen LogP contribution is 2.26. The molecule has 3 heterocycles. The van der Waals surface area contributed by atoms with E-state index in [1.54, 1.807) is 0 Å². The maximum atomic E-state index is 12.6. The molecule has 1 atom stereocenters. The third-order valence-corrected chi connectivity index (χ3v) is 6.66. The summed E-state index contributed by atoms with van der Waals surface area (Å²) in [6.45, 7) is 2.90. The third kappa shape index (κ3) is 3.65. The summed E-state index contributed by atoms with van der Waals surface area (Å²) in [6, 6.07) is 7.86. The number of aryl methyl sites for hydroxylation is 1. The number of aromatic nitrogens is 3. The summed E-state index contributed by atoms with van der Waals surface area (Å²) in [5.41, 5.74) is 2.02. The number of sulfonamides is 1. The number of nitrogens with zero attached hydrogens (tertiary/aromatic N) is 4. The first-order valence-electron chi connectivity index (χ1n) is 8.82. The van der Waals surface area contributed by atoms with Crippen LogP contribution in [-0.2, 0) is 16.4 Å². The Kier molecular flexibility index (Phi) is 4.79. The Bertz CT molecular complexity index is 1010. The topological polar surface area (TPSA) is 102 Å². The van der Waals surface area contributed by atoms with E-state index in [2.05, 4.69) is 19.8 Å². The molecule has 0 N–H and O–H groups in total. The van der Waals surface area contributed by atoms with E-state index in [9.17, 15) is 8.42 Å². The van der Waals surface area contributed by atoms with Gasteiger partial charge >= 0.3 is 0 Å². The molecule has 1 saturated heterocycles. The molecular weight excluding hydrogens is 368 g/mol. The van der Waals surface area contributed by atoms with Gasteiger partial charge in [0.15, 0.2) is 0 Å². The Morgan fingerprint density at radius 1 is 1.30 bits per heavy atom. The van der Waals surface area contributed by atoms with Gasteiger partial charge in [0.25, 0.3) is 0 Å². The molecule has 1 aromatic carbocycles. The maximum absolute atomic E-state index is 12.6. The molecule has 0 saturated carbocycles. The normalized spacial score (nSPS) is 18.6. The number of piperidine rings is 1. The minimum atomic E-state index is -3.58. The highest BCUT2D eigenvalue weighted by Gasteiger charge is 2.32. The SMILES string of the molecule is Cc1ccccc1-c1noc(CC2CCCN(S(=O)(=O)c3cnoc3)C2)n1. The van der Waals surface area contributed by atoms with E-state index in [-0.39, 0.29) is 10.8 Å². The van der Waals surface area contributed by atoms with Crippen LogP contribution in [0.1, 0.15) is 24.3 Å². The molecule has 8 nitrogen and oxygen atoms in total. The summed E-state index contributed by atoms with van der Waals surface area (Å²) >= 11 is 0. The van der Waals surface area contributed by atoms with Gasteiger partial charge < -0.3 is 9.05 Å². The predicted molar refractivity (Wildman–Crippen MR) is 96.2 cm³/mol. The molecule has 4 rings (SSSR count). The van der Waals surface area contributed by atoms with Gasteiger partial charge in [0.1, 0.15) is 11.2 Å². The molecule has 142 valence electrons. The van der Waals surface area contributed by atoms with E-state index >= 15 is 0 Å². The Morgan fingerprint density at radius 3 is 2.93 bits per heavy atom. The average Bonchev–Trinajstić information content (AvgIpc) is 3.35. The molecule has 27 heavy (non-hydrogen) atoms. The van der Waals surface area contributed by atoms with E-state index in [1.165, 1.54) is 10.5 Å². The summed E-state index contributed by atoms with van der Waals surface area (Å²) in [6.07, 6.45) is 4.64. The van der Waals surface area contributed by atoms with Crippen molar-refractivity contribution in [2.75, 3.05) is 13.1 Å². The largest absolute Gasteiger partial charge is 0.363 e. The fourth-order valence-electron chi connectivity index (χ4n) is 3.40. The summed E-state index contributed by atoms with van der Waals surface area (Å²) in [7, 11) is -3.58. The molecule has 0 radical (unpaired) electrons. The van der Waals surface area contributed by atoms with Crippen molar-refractivity contribution in [3.63, 3.8) is 0 Å². The summed E-state index contributed by atoms with van der Waals surface area (Å²) in [4.78, 5) is 4.59. The molecule has 0 bridgehead atoms. The number of hydrogen-bond acceptors (Lipinski definition) is 7. The lowest BCUT2D eigenvalue weighted by atomic mass is 9.96. The standard InChI is InChI=1S/C18H20N4O4S/c1-13-5-2-3-7-16(13)18-20-17(26-21-18)9-14-6-4-8-22(11-14)27(23,24)15-10-19-25-12-15/h2-3,5,7,10,12,14H,4,6,8-9,11H2,1H3. The molecule has 3 aromatic rings. The summed E-state index contributed by atoms with van der Waals surface area (Å²) in [5, 5.41) is 7.58. The fourth-order valence-corrected chi connectivity index (χ4v) is 4.82. The van der Waals surface area contributed by atoms with Crippen molar-refractivity contribution in [1.29, 1.82) is 0 Å². The van der Waals surface area contributed by atoms with E-state index in [0.717, 1.165) is 30.2 Å². The van der Waals surface area contributed by atoms with Gasteiger partial charge in [-0.1, -0.05) is 34.6 Å². The quantitative estimate of drug-likeness (QED) is 0.662. The first-order valence-corrected chi connectivity index (χ1v) is 10.3. The van der Waals surface area contributed by atoms with Crippen LogP contribution in [0.2, 0.25) is 0 Å². The van der Waals surface area contributed by atoms with Crippen LogP contribution < -0.4 is 0 Å². The smallest absolute Gasteiger partial charge is 0.247 e. The van der Waals surface area contributed by atoms with Gasteiger partial charge in [-0.15, -0.1) is 0 Å². The van der Waals surface area contributed by atoms with Crippen LogP contribution in [0, 0.1) is 12.8 Å². The van der Waals surface area contributed by atoms with Crippen LogP contribution in [0.3, 0.4) is 0 Å². The van der Waals surface area contributed by atoms with E-state index in [0.29, 0.717) is 31.2 Å². The lowest BCUT2D eigenvalue weighted by molar-refractivity contribution is 0.247. The first-order chi connectivity index (χ1) is 13.0. The van der Waals surface area contributed by atoms with E-state index in [4.69, 9.17) is 4.52 Å². The predicted octanol–water partition coefficient (Wildman–Crippen LogP) is 2.68. The zero-order valence-corrected chi connectivity index (χ0v) is 15.7. The average molecular weight is 388 g/mol. The zero-order chi connectivity index (χ0) is 18.9.